The van der Waals surface area contributed by atoms with Crippen LogP contribution in [0.15, 0.2) is 0 Å². The van der Waals surface area contributed by atoms with Crippen molar-refractivity contribution in [3.8, 4) is 0 Å². The third-order valence-corrected chi connectivity index (χ3v) is 5.54. The van der Waals surface area contributed by atoms with Crippen molar-refractivity contribution in [1.82, 2.24) is 10.2 Å². The second kappa shape index (κ2) is 5.74. The van der Waals surface area contributed by atoms with Crippen LogP contribution in [0.5, 0.6) is 0 Å². The van der Waals surface area contributed by atoms with Crippen LogP contribution < -0.4 is 5.32 Å². The summed E-state index contributed by atoms with van der Waals surface area (Å²) in [6.07, 6.45) is 4.55. The van der Waals surface area contributed by atoms with Gasteiger partial charge in [-0.15, -0.1) is 0 Å². The largest absolute Gasteiger partial charge is 0.342 e. The Morgan fingerprint density at radius 2 is 2.00 bits per heavy atom. The molecular formula is C16H28N2O2. The summed E-state index contributed by atoms with van der Waals surface area (Å²) in [5.74, 6) is 1.37. The first kappa shape index (κ1) is 15.3. The summed E-state index contributed by atoms with van der Waals surface area (Å²) < 4.78 is 0. The standard InChI is InChI=1S/C16H28N2O2/c1-5-12-7-8-13(11(12)3)18-10-9-14(19)17-16(4,6-2)15(18)20/h11-13H,5-10H2,1-4H3,(H,17,19). The van der Waals surface area contributed by atoms with Gasteiger partial charge in [-0.25, -0.2) is 0 Å². The van der Waals surface area contributed by atoms with E-state index in [2.05, 4.69) is 19.2 Å². The van der Waals surface area contributed by atoms with E-state index in [9.17, 15) is 9.59 Å². The van der Waals surface area contributed by atoms with Crippen molar-refractivity contribution in [3.05, 3.63) is 0 Å². The van der Waals surface area contributed by atoms with Gasteiger partial charge in [0, 0.05) is 19.0 Å². The van der Waals surface area contributed by atoms with Crippen molar-refractivity contribution in [1.29, 1.82) is 0 Å². The van der Waals surface area contributed by atoms with Crippen LogP contribution in [-0.4, -0.2) is 34.8 Å². The molecule has 1 aliphatic carbocycles. The summed E-state index contributed by atoms with van der Waals surface area (Å²) >= 11 is 0. The first-order chi connectivity index (χ1) is 9.42. The van der Waals surface area contributed by atoms with Gasteiger partial charge < -0.3 is 10.2 Å². The van der Waals surface area contributed by atoms with Gasteiger partial charge in [0.25, 0.3) is 0 Å². The number of rotatable bonds is 3. The van der Waals surface area contributed by atoms with E-state index in [0.29, 0.717) is 37.3 Å². The lowest BCUT2D eigenvalue weighted by Crippen LogP contribution is -2.57. The Balaban J connectivity index is 2.22. The summed E-state index contributed by atoms with van der Waals surface area (Å²) in [7, 11) is 0. The van der Waals surface area contributed by atoms with Crippen LogP contribution in [0.3, 0.4) is 0 Å². The average molecular weight is 280 g/mol. The minimum atomic E-state index is -0.725. The first-order valence-electron chi connectivity index (χ1n) is 8.05. The van der Waals surface area contributed by atoms with Gasteiger partial charge in [0.1, 0.15) is 5.54 Å². The minimum Gasteiger partial charge on any atom is -0.342 e. The van der Waals surface area contributed by atoms with Crippen molar-refractivity contribution in [3.63, 3.8) is 0 Å². The van der Waals surface area contributed by atoms with Gasteiger partial charge in [-0.05, 0) is 38.0 Å². The van der Waals surface area contributed by atoms with Crippen molar-refractivity contribution < 1.29 is 9.59 Å². The van der Waals surface area contributed by atoms with Crippen LogP contribution in [0.1, 0.15) is 59.8 Å². The van der Waals surface area contributed by atoms with E-state index in [1.165, 1.54) is 12.8 Å². The molecule has 4 nitrogen and oxygen atoms in total. The Kier molecular flexibility index (Phi) is 4.40. The quantitative estimate of drug-likeness (QED) is 0.862. The molecule has 1 saturated heterocycles. The highest BCUT2D eigenvalue weighted by Crippen LogP contribution is 2.38. The van der Waals surface area contributed by atoms with Gasteiger partial charge in [0.15, 0.2) is 0 Å². The average Bonchev–Trinajstić information content (AvgIpc) is 2.74. The summed E-state index contributed by atoms with van der Waals surface area (Å²) in [4.78, 5) is 26.8. The van der Waals surface area contributed by atoms with Crippen molar-refractivity contribution in [2.75, 3.05) is 6.54 Å². The van der Waals surface area contributed by atoms with Crippen LogP contribution in [0, 0.1) is 11.8 Å². The number of nitrogens with one attached hydrogen (secondary N) is 1. The lowest BCUT2D eigenvalue weighted by Gasteiger charge is -2.37. The van der Waals surface area contributed by atoms with Crippen LogP contribution in [-0.2, 0) is 9.59 Å². The normalized spacial score (nSPS) is 38.8. The number of hydrogen-bond donors (Lipinski definition) is 1. The molecule has 2 fully saturated rings. The van der Waals surface area contributed by atoms with Gasteiger partial charge in [0.2, 0.25) is 11.8 Å². The minimum absolute atomic E-state index is 0.00268. The van der Waals surface area contributed by atoms with Crippen LogP contribution in [0.4, 0.5) is 0 Å². The molecule has 0 radical (unpaired) electrons. The molecule has 4 atom stereocenters. The van der Waals surface area contributed by atoms with Gasteiger partial charge >= 0.3 is 0 Å². The molecule has 0 aromatic heterocycles. The molecule has 0 bridgehead atoms. The smallest absolute Gasteiger partial charge is 0.248 e. The molecule has 1 saturated carbocycles. The Hall–Kier alpha value is -1.06. The Morgan fingerprint density at radius 3 is 2.55 bits per heavy atom. The first-order valence-corrected chi connectivity index (χ1v) is 8.05. The highest BCUT2D eigenvalue weighted by Gasteiger charge is 2.45. The van der Waals surface area contributed by atoms with Gasteiger partial charge in [-0.3, -0.25) is 9.59 Å². The van der Waals surface area contributed by atoms with E-state index < -0.39 is 5.54 Å². The zero-order valence-corrected chi connectivity index (χ0v) is 13.2. The summed E-state index contributed by atoms with van der Waals surface area (Å²) in [6, 6.07) is 0.311. The predicted molar refractivity (Wildman–Crippen MR) is 79.1 cm³/mol. The molecule has 0 spiro atoms. The summed E-state index contributed by atoms with van der Waals surface area (Å²) in [5, 5.41) is 2.92. The Bertz CT molecular complexity index is 396. The van der Waals surface area contributed by atoms with E-state index in [1.54, 1.807) is 0 Å². The molecule has 2 rings (SSSR count). The number of nitrogens with zero attached hydrogens (tertiary/aromatic N) is 1. The SMILES string of the molecule is CCC1CCC(N2CCC(=O)NC(C)(CC)C2=O)C1C. The molecule has 0 aromatic carbocycles. The molecule has 20 heavy (non-hydrogen) atoms. The number of carbonyl (C=O) groups excluding carboxylic acids is 2. The van der Waals surface area contributed by atoms with Crippen LogP contribution >= 0.6 is 0 Å². The number of amides is 2. The maximum absolute atomic E-state index is 12.9. The van der Waals surface area contributed by atoms with Crippen molar-refractivity contribution in [2.24, 2.45) is 11.8 Å². The zero-order valence-electron chi connectivity index (χ0n) is 13.2. The number of carbonyl (C=O) groups is 2. The Morgan fingerprint density at radius 1 is 1.30 bits per heavy atom. The van der Waals surface area contributed by atoms with Crippen LogP contribution in [0.2, 0.25) is 0 Å². The monoisotopic (exact) mass is 280 g/mol. The lowest BCUT2D eigenvalue weighted by atomic mass is 9.91. The molecule has 2 aliphatic rings. The fourth-order valence-electron chi connectivity index (χ4n) is 3.86. The maximum atomic E-state index is 12.9. The van der Waals surface area contributed by atoms with Crippen LogP contribution in [0.25, 0.3) is 0 Å². The molecule has 1 aliphatic heterocycles. The molecule has 0 aromatic rings. The zero-order chi connectivity index (χ0) is 14.9. The molecule has 1 heterocycles. The lowest BCUT2D eigenvalue weighted by molar-refractivity contribution is -0.141. The van der Waals surface area contributed by atoms with E-state index in [1.807, 2.05) is 18.7 Å². The predicted octanol–water partition coefficient (Wildman–Crippen LogP) is 2.33. The second-order valence-electron chi connectivity index (χ2n) is 6.65. The third-order valence-electron chi connectivity index (χ3n) is 5.54. The molecule has 1 N–H and O–H groups in total. The van der Waals surface area contributed by atoms with E-state index >= 15 is 0 Å². The van der Waals surface area contributed by atoms with E-state index in [0.717, 1.165) is 6.42 Å². The fraction of sp³-hybridized carbons (Fsp3) is 0.875. The highest BCUT2D eigenvalue weighted by molar-refractivity contribution is 5.93. The van der Waals surface area contributed by atoms with Gasteiger partial charge in [0.05, 0.1) is 0 Å². The molecule has 4 unspecified atom stereocenters. The second-order valence-corrected chi connectivity index (χ2v) is 6.65. The highest BCUT2D eigenvalue weighted by atomic mass is 16.2. The Labute approximate surface area is 122 Å². The van der Waals surface area contributed by atoms with E-state index in [4.69, 9.17) is 0 Å². The molecule has 2 amide bonds. The van der Waals surface area contributed by atoms with Crippen molar-refractivity contribution in [2.45, 2.75) is 71.4 Å². The summed E-state index contributed by atoms with van der Waals surface area (Å²) in [6.45, 7) is 8.90. The fourth-order valence-corrected chi connectivity index (χ4v) is 3.86. The summed E-state index contributed by atoms with van der Waals surface area (Å²) in [5.41, 5.74) is -0.725. The van der Waals surface area contributed by atoms with Gasteiger partial charge in [-0.2, -0.15) is 0 Å². The number of hydrogen-bond acceptors (Lipinski definition) is 2. The maximum Gasteiger partial charge on any atom is 0.248 e. The molecular weight excluding hydrogens is 252 g/mol. The van der Waals surface area contributed by atoms with Crippen molar-refractivity contribution >= 4 is 11.8 Å². The topological polar surface area (TPSA) is 49.4 Å². The van der Waals surface area contributed by atoms with E-state index in [-0.39, 0.29) is 11.8 Å². The molecule has 4 heteroatoms. The third kappa shape index (κ3) is 2.57. The van der Waals surface area contributed by atoms with Gasteiger partial charge in [-0.1, -0.05) is 27.2 Å². The molecule has 114 valence electrons.